The van der Waals surface area contributed by atoms with Gasteiger partial charge in [0.2, 0.25) is 11.9 Å². The minimum atomic E-state index is 0.127. The van der Waals surface area contributed by atoms with Gasteiger partial charge in [0.25, 0.3) is 0 Å². The summed E-state index contributed by atoms with van der Waals surface area (Å²) < 4.78 is 5.15. The molecule has 0 unspecified atom stereocenters. The Kier molecular flexibility index (Phi) is 4.26. The van der Waals surface area contributed by atoms with Crippen LogP contribution < -0.4 is 9.64 Å². The number of anilines is 1. The lowest BCUT2D eigenvalue weighted by Crippen LogP contribution is -2.35. The summed E-state index contributed by atoms with van der Waals surface area (Å²) in [5, 5.41) is 0. The normalized spacial score (nSPS) is 24.7. The molecule has 6 nitrogen and oxygen atoms in total. The van der Waals surface area contributed by atoms with E-state index in [2.05, 4.69) is 46.1 Å². The third-order valence-electron chi connectivity index (χ3n) is 5.71. The monoisotopic (exact) mass is 352 g/mol. The van der Waals surface area contributed by atoms with Crippen LogP contribution in [0, 0.1) is 18.8 Å². The molecule has 0 N–H and O–H groups in total. The number of aromatic nitrogens is 2. The Morgan fingerprint density at radius 3 is 2.54 bits per heavy atom. The van der Waals surface area contributed by atoms with Crippen molar-refractivity contribution in [1.29, 1.82) is 0 Å². The van der Waals surface area contributed by atoms with Gasteiger partial charge in [-0.2, -0.15) is 0 Å². The van der Waals surface area contributed by atoms with Crippen molar-refractivity contribution in [1.82, 2.24) is 14.9 Å². The number of aryl methyl sites for hydroxylation is 1. The molecule has 2 fully saturated rings. The minimum Gasteiger partial charge on any atom is -0.494 e. The highest BCUT2D eigenvalue weighted by atomic mass is 16.5. The summed E-state index contributed by atoms with van der Waals surface area (Å²) in [4.78, 5) is 25.4. The van der Waals surface area contributed by atoms with E-state index in [0.717, 1.165) is 25.6 Å². The largest absolute Gasteiger partial charge is 0.494 e. The van der Waals surface area contributed by atoms with Gasteiger partial charge in [-0.1, -0.05) is 24.3 Å². The topological polar surface area (TPSA) is 58.6 Å². The molecule has 2 aromatic rings. The lowest BCUT2D eigenvalue weighted by atomic mass is 9.87. The number of carbonyl (C=O) groups excluding carboxylic acids is 1. The Labute approximate surface area is 153 Å². The van der Waals surface area contributed by atoms with E-state index in [9.17, 15) is 4.79 Å². The molecule has 136 valence electrons. The molecule has 3 atom stereocenters. The average Bonchev–Trinajstić information content (AvgIpc) is 3.20. The second-order valence-corrected chi connectivity index (χ2v) is 7.22. The summed E-state index contributed by atoms with van der Waals surface area (Å²) in [5.41, 5.74) is 2.50. The van der Waals surface area contributed by atoms with Gasteiger partial charge < -0.3 is 14.5 Å². The molecule has 26 heavy (non-hydrogen) atoms. The molecular weight excluding hydrogens is 328 g/mol. The van der Waals surface area contributed by atoms with Crippen LogP contribution in [0.2, 0.25) is 0 Å². The Bertz CT molecular complexity index is 808. The molecule has 4 rings (SSSR count). The molecule has 1 aromatic carbocycles. The first-order valence-electron chi connectivity index (χ1n) is 9.02. The van der Waals surface area contributed by atoms with E-state index in [4.69, 9.17) is 4.74 Å². The predicted octanol–water partition coefficient (Wildman–Crippen LogP) is 2.45. The number of ether oxygens (including phenoxy) is 1. The first-order valence-corrected chi connectivity index (χ1v) is 9.02. The number of rotatable bonds is 3. The van der Waals surface area contributed by atoms with E-state index >= 15 is 0 Å². The summed E-state index contributed by atoms with van der Waals surface area (Å²) >= 11 is 0. The summed E-state index contributed by atoms with van der Waals surface area (Å²) in [7, 11) is 1.61. The lowest BCUT2D eigenvalue weighted by Gasteiger charge is -2.30. The van der Waals surface area contributed by atoms with Crippen molar-refractivity contribution in [3.63, 3.8) is 0 Å². The predicted molar refractivity (Wildman–Crippen MR) is 99.1 cm³/mol. The van der Waals surface area contributed by atoms with Gasteiger partial charge in [-0.15, -0.1) is 0 Å². The zero-order valence-electron chi connectivity index (χ0n) is 15.4. The molecule has 0 saturated carbocycles. The maximum atomic E-state index is 12.3. The number of fused-ring (bicyclic) bond motifs is 1. The average molecular weight is 352 g/mol. The Hall–Kier alpha value is -2.63. The van der Waals surface area contributed by atoms with E-state index in [1.807, 2.05) is 4.90 Å². The summed E-state index contributed by atoms with van der Waals surface area (Å²) in [5.74, 6) is 2.38. The Morgan fingerprint density at radius 1 is 1.15 bits per heavy atom. The van der Waals surface area contributed by atoms with Crippen molar-refractivity contribution in [2.45, 2.75) is 19.9 Å². The first kappa shape index (κ1) is 16.8. The highest BCUT2D eigenvalue weighted by molar-refractivity contribution is 5.74. The van der Waals surface area contributed by atoms with Crippen molar-refractivity contribution >= 4 is 11.9 Å². The van der Waals surface area contributed by atoms with Crippen LogP contribution in [0.1, 0.15) is 24.1 Å². The van der Waals surface area contributed by atoms with Gasteiger partial charge in [0, 0.05) is 38.4 Å². The number of benzene rings is 1. The third kappa shape index (κ3) is 2.79. The van der Waals surface area contributed by atoms with Crippen LogP contribution in [0.25, 0.3) is 0 Å². The molecule has 2 aliphatic rings. The van der Waals surface area contributed by atoms with Gasteiger partial charge in [-0.3, -0.25) is 4.79 Å². The Morgan fingerprint density at radius 2 is 1.88 bits per heavy atom. The maximum absolute atomic E-state index is 12.3. The van der Waals surface area contributed by atoms with Gasteiger partial charge in [0.15, 0.2) is 5.75 Å². The van der Waals surface area contributed by atoms with E-state index < -0.39 is 0 Å². The van der Waals surface area contributed by atoms with Crippen molar-refractivity contribution < 1.29 is 9.53 Å². The van der Waals surface area contributed by atoms with Crippen LogP contribution in [0.4, 0.5) is 5.95 Å². The van der Waals surface area contributed by atoms with Gasteiger partial charge in [0.05, 0.1) is 25.5 Å². The molecule has 2 aliphatic heterocycles. The molecule has 1 amide bonds. The maximum Gasteiger partial charge on any atom is 0.225 e. The van der Waals surface area contributed by atoms with Crippen molar-refractivity contribution in [2.24, 2.45) is 11.8 Å². The lowest BCUT2D eigenvalue weighted by molar-refractivity contribution is -0.130. The molecule has 1 aromatic heterocycles. The van der Waals surface area contributed by atoms with Crippen molar-refractivity contribution in [3.8, 4) is 5.75 Å². The van der Waals surface area contributed by atoms with Gasteiger partial charge >= 0.3 is 0 Å². The summed E-state index contributed by atoms with van der Waals surface area (Å²) in [6.07, 6.45) is 3.41. The number of likely N-dealkylation sites (tertiary alicyclic amines) is 1. The SMILES string of the molecule is COc1cnc(N2C[C@@H]3CN(C(C)=O)[C@@H](c4ccccc4C)[C@@H]3C2)nc1. The van der Waals surface area contributed by atoms with E-state index in [1.165, 1.54) is 11.1 Å². The highest BCUT2D eigenvalue weighted by Gasteiger charge is 2.49. The van der Waals surface area contributed by atoms with Gasteiger partial charge in [-0.25, -0.2) is 9.97 Å². The summed E-state index contributed by atoms with van der Waals surface area (Å²) in [6.45, 7) is 6.34. The number of nitrogens with zero attached hydrogens (tertiary/aromatic N) is 4. The second kappa shape index (κ2) is 6.59. The van der Waals surface area contributed by atoms with Crippen molar-refractivity contribution in [2.75, 3.05) is 31.6 Å². The fourth-order valence-electron chi connectivity index (χ4n) is 4.43. The van der Waals surface area contributed by atoms with Gasteiger partial charge in [-0.05, 0) is 18.1 Å². The third-order valence-corrected chi connectivity index (χ3v) is 5.71. The number of hydrogen-bond donors (Lipinski definition) is 0. The zero-order chi connectivity index (χ0) is 18.3. The number of hydrogen-bond acceptors (Lipinski definition) is 5. The number of carbonyl (C=O) groups is 1. The van der Waals surface area contributed by atoms with Crippen LogP contribution in [-0.2, 0) is 4.79 Å². The van der Waals surface area contributed by atoms with Crippen LogP contribution in [0.5, 0.6) is 5.75 Å². The molecule has 6 heteroatoms. The van der Waals surface area contributed by atoms with Crippen LogP contribution in [0.3, 0.4) is 0 Å². The van der Waals surface area contributed by atoms with Crippen molar-refractivity contribution in [3.05, 3.63) is 47.8 Å². The molecule has 0 spiro atoms. The molecule has 0 radical (unpaired) electrons. The second-order valence-electron chi connectivity index (χ2n) is 7.22. The Balaban J connectivity index is 1.62. The number of methoxy groups -OCH3 is 1. The van der Waals surface area contributed by atoms with Crippen LogP contribution in [-0.4, -0.2) is 47.5 Å². The first-order chi connectivity index (χ1) is 12.6. The summed E-state index contributed by atoms with van der Waals surface area (Å²) in [6, 6.07) is 8.52. The van der Waals surface area contributed by atoms with E-state index in [1.54, 1.807) is 26.4 Å². The van der Waals surface area contributed by atoms with Gasteiger partial charge in [0.1, 0.15) is 0 Å². The molecule has 0 bridgehead atoms. The highest BCUT2D eigenvalue weighted by Crippen LogP contribution is 2.46. The van der Waals surface area contributed by atoms with Crippen LogP contribution >= 0.6 is 0 Å². The smallest absolute Gasteiger partial charge is 0.225 e. The molecular formula is C20H24N4O2. The van der Waals surface area contributed by atoms with E-state index in [-0.39, 0.29) is 11.9 Å². The minimum absolute atomic E-state index is 0.127. The zero-order valence-corrected chi connectivity index (χ0v) is 15.4. The fraction of sp³-hybridized carbons (Fsp3) is 0.450. The quantitative estimate of drug-likeness (QED) is 0.849. The molecule has 2 saturated heterocycles. The van der Waals surface area contributed by atoms with Crippen LogP contribution in [0.15, 0.2) is 36.7 Å². The fourth-order valence-corrected chi connectivity index (χ4v) is 4.43. The number of amides is 1. The molecule has 0 aliphatic carbocycles. The van der Waals surface area contributed by atoms with E-state index in [0.29, 0.717) is 17.6 Å². The standard InChI is InChI=1S/C20H24N4O2/c1-13-6-4-5-7-17(13)19-18-12-23(10-15(18)11-24(19)14(2)25)20-21-8-16(26-3)9-22-20/h4-9,15,18-19H,10-12H2,1-3H3/t15-,18-,19+/m1/s1. The molecule has 3 heterocycles.